The van der Waals surface area contributed by atoms with Crippen molar-refractivity contribution >= 4 is 30.9 Å². The van der Waals surface area contributed by atoms with Crippen molar-refractivity contribution in [2.24, 2.45) is 5.41 Å². The first kappa shape index (κ1) is 15.3. The molecule has 4 nitrogen and oxygen atoms in total. The van der Waals surface area contributed by atoms with Crippen LogP contribution in [0.25, 0.3) is 0 Å². The van der Waals surface area contributed by atoms with Gasteiger partial charge in [0.25, 0.3) is 0 Å². The van der Waals surface area contributed by atoms with Gasteiger partial charge in [0.1, 0.15) is 6.72 Å². The number of allylic oxidation sites excluding steroid dienone is 2. The van der Waals surface area contributed by atoms with Crippen LogP contribution in [0.1, 0.15) is 27.2 Å². The first-order valence-corrected chi connectivity index (χ1v) is 6.49. The molecule has 1 aliphatic rings. The van der Waals surface area contributed by atoms with Crippen LogP contribution in [0, 0.1) is 17.3 Å². The molecule has 0 aromatic heterocycles. The van der Waals surface area contributed by atoms with Gasteiger partial charge in [0.15, 0.2) is 4.91 Å². The molecule has 5 heteroatoms. The van der Waals surface area contributed by atoms with Crippen LogP contribution in [0.2, 0.25) is 0 Å². The molecule has 1 aliphatic heterocycles. The molecule has 19 heavy (non-hydrogen) atoms. The molecule has 0 bridgehead atoms. The Bertz CT molecular complexity index is 553. The van der Waals surface area contributed by atoms with E-state index in [1.807, 2.05) is 26.8 Å². The Morgan fingerprint density at radius 2 is 2.21 bits per heavy atom. The van der Waals surface area contributed by atoms with Crippen molar-refractivity contribution in [1.29, 1.82) is 0 Å². The maximum atomic E-state index is 11.2. The molecule has 0 radical (unpaired) electrons. The average Bonchev–Trinajstić information content (AvgIpc) is 2.34. The zero-order chi connectivity index (χ0) is 14.6. The SMILES string of the molecule is C=[N+](C=O)C1=C(C(=O)O)SC(C#CC(C)(C)C)=CC1. The van der Waals surface area contributed by atoms with E-state index in [9.17, 15) is 14.7 Å². The molecule has 0 atom stereocenters. The summed E-state index contributed by atoms with van der Waals surface area (Å²) in [5.74, 6) is 4.96. The maximum absolute atomic E-state index is 11.2. The van der Waals surface area contributed by atoms with Gasteiger partial charge in [-0.3, -0.25) is 0 Å². The third-order valence-electron chi connectivity index (χ3n) is 2.18. The molecule has 0 aromatic rings. The number of carbonyl (C=O) groups excluding carboxylic acids is 1. The number of hydrogen-bond donors (Lipinski definition) is 1. The van der Waals surface area contributed by atoms with Gasteiger partial charge < -0.3 is 5.11 Å². The number of amides is 1. The highest BCUT2D eigenvalue weighted by Crippen LogP contribution is 2.34. The van der Waals surface area contributed by atoms with Gasteiger partial charge in [-0.1, -0.05) is 29.7 Å². The molecule has 0 aliphatic carbocycles. The minimum Gasteiger partial charge on any atom is -0.477 e. The van der Waals surface area contributed by atoms with E-state index in [4.69, 9.17) is 0 Å². The minimum absolute atomic E-state index is 0.0998. The lowest BCUT2D eigenvalue weighted by atomic mass is 9.98. The van der Waals surface area contributed by atoms with Crippen molar-refractivity contribution in [3.05, 3.63) is 21.6 Å². The number of carboxylic acids is 1. The molecule has 0 fully saturated rings. The third kappa shape index (κ3) is 4.42. The number of aliphatic carboxylic acids is 1. The normalized spacial score (nSPS) is 15.2. The van der Waals surface area contributed by atoms with E-state index in [-0.39, 0.29) is 10.3 Å². The molecule has 0 saturated carbocycles. The smallest absolute Gasteiger partial charge is 0.380 e. The number of carbonyl (C=O) groups is 2. The topological polar surface area (TPSA) is 57.4 Å². The predicted octanol–water partition coefficient (Wildman–Crippen LogP) is 2.22. The van der Waals surface area contributed by atoms with E-state index in [1.54, 1.807) is 0 Å². The first-order chi connectivity index (χ1) is 8.74. The van der Waals surface area contributed by atoms with Crippen LogP contribution in [0.3, 0.4) is 0 Å². The van der Waals surface area contributed by atoms with Gasteiger partial charge in [0, 0.05) is 5.41 Å². The Labute approximate surface area is 116 Å². The summed E-state index contributed by atoms with van der Waals surface area (Å²) >= 11 is 1.06. The van der Waals surface area contributed by atoms with Gasteiger partial charge in [-0.05, 0) is 20.8 Å². The summed E-state index contributed by atoms with van der Waals surface area (Å²) in [6.07, 6.45) is 2.65. The van der Waals surface area contributed by atoms with Gasteiger partial charge in [-0.2, -0.15) is 0 Å². The average molecular weight is 278 g/mol. The standard InChI is InChI=1S/C14H15NO3S/c1-14(2,3)8-7-10-5-6-11(15(4)9-16)12(19-10)13(17)18/h5,9H,4,6H2,1-3H3/p+1. The summed E-state index contributed by atoms with van der Waals surface area (Å²) in [6.45, 7) is 9.44. The monoisotopic (exact) mass is 278 g/mol. The van der Waals surface area contributed by atoms with Crippen LogP contribution in [-0.4, -0.2) is 28.8 Å². The predicted molar refractivity (Wildman–Crippen MR) is 75.6 cm³/mol. The van der Waals surface area contributed by atoms with Gasteiger partial charge in [0.2, 0.25) is 5.70 Å². The van der Waals surface area contributed by atoms with E-state index < -0.39 is 5.97 Å². The van der Waals surface area contributed by atoms with Gasteiger partial charge in [0.05, 0.1) is 11.3 Å². The fourth-order valence-electron chi connectivity index (χ4n) is 1.30. The zero-order valence-corrected chi connectivity index (χ0v) is 12.0. The highest BCUT2D eigenvalue weighted by molar-refractivity contribution is 8.07. The van der Waals surface area contributed by atoms with E-state index in [2.05, 4.69) is 18.6 Å². The Balaban J connectivity index is 3.03. The van der Waals surface area contributed by atoms with E-state index in [0.29, 0.717) is 23.4 Å². The van der Waals surface area contributed by atoms with E-state index >= 15 is 0 Å². The van der Waals surface area contributed by atoms with E-state index in [1.165, 1.54) is 0 Å². The Morgan fingerprint density at radius 3 is 2.68 bits per heavy atom. The van der Waals surface area contributed by atoms with E-state index in [0.717, 1.165) is 16.3 Å². The Morgan fingerprint density at radius 1 is 1.58 bits per heavy atom. The second kappa shape index (κ2) is 5.89. The van der Waals surface area contributed by atoms with Crippen molar-refractivity contribution < 1.29 is 19.3 Å². The summed E-state index contributed by atoms with van der Waals surface area (Å²) in [5, 5.41) is 9.17. The molecule has 100 valence electrons. The molecular formula is C14H16NO3S+. The number of thioether (sulfide) groups is 1. The summed E-state index contributed by atoms with van der Waals surface area (Å²) < 4.78 is 1.04. The first-order valence-electron chi connectivity index (χ1n) is 5.67. The second-order valence-electron chi connectivity index (χ2n) is 5.03. The van der Waals surface area contributed by atoms with Crippen LogP contribution < -0.4 is 0 Å². The zero-order valence-electron chi connectivity index (χ0n) is 11.2. The number of carboxylic acid groups (broad SMARTS) is 1. The molecule has 1 N–H and O–H groups in total. The number of rotatable bonds is 3. The lowest BCUT2D eigenvalue weighted by molar-refractivity contribution is -0.376. The lowest BCUT2D eigenvalue weighted by Gasteiger charge is -2.11. The highest BCUT2D eigenvalue weighted by atomic mass is 32.2. The largest absolute Gasteiger partial charge is 0.477 e. The molecule has 1 rings (SSSR count). The van der Waals surface area contributed by atoms with Crippen molar-refractivity contribution in [3.8, 4) is 11.8 Å². The molecular weight excluding hydrogens is 262 g/mol. The highest BCUT2D eigenvalue weighted by Gasteiger charge is 2.27. The quantitative estimate of drug-likeness (QED) is 0.372. The van der Waals surface area contributed by atoms with Crippen LogP contribution >= 0.6 is 11.8 Å². The molecule has 0 saturated heterocycles. The summed E-state index contributed by atoms with van der Waals surface area (Å²) in [4.78, 5) is 22.7. The maximum Gasteiger partial charge on any atom is 0.380 e. The van der Waals surface area contributed by atoms with Crippen LogP contribution in [0.4, 0.5) is 0 Å². The van der Waals surface area contributed by atoms with Crippen molar-refractivity contribution in [3.63, 3.8) is 0 Å². The molecule has 0 aromatic carbocycles. The summed E-state index contributed by atoms with van der Waals surface area (Å²) in [7, 11) is 0. The fourth-order valence-corrected chi connectivity index (χ4v) is 2.19. The number of nitrogens with zero attached hydrogens (tertiary/aromatic N) is 1. The molecule has 1 heterocycles. The van der Waals surface area contributed by atoms with Crippen LogP contribution in [0.15, 0.2) is 21.6 Å². The van der Waals surface area contributed by atoms with Crippen molar-refractivity contribution in [2.45, 2.75) is 27.2 Å². The fraction of sp³-hybridized carbons (Fsp3) is 0.357. The second-order valence-corrected chi connectivity index (χ2v) is 6.08. The third-order valence-corrected chi connectivity index (χ3v) is 3.29. The van der Waals surface area contributed by atoms with Crippen LogP contribution in [-0.2, 0) is 9.59 Å². The van der Waals surface area contributed by atoms with Crippen LogP contribution in [0.5, 0.6) is 0 Å². The number of hydrogen-bond acceptors (Lipinski definition) is 3. The molecule has 0 spiro atoms. The van der Waals surface area contributed by atoms with Gasteiger partial charge >= 0.3 is 12.4 Å². The van der Waals surface area contributed by atoms with Gasteiger partial charge in [-0.15, -0.1) is 4.58 Å². The summed E-state index contributed by atoms with van der Waals surface area (Å²) in [6, 6.07) is 0. The summed E-state index contributed by atoms with van der Waals surface area (Å²) in [5.41, 5.74) is 0.240. The van der Waals surface area contributed by atoms with Crippen molar-refractivity contribution in [2.75, 3.05) is 0 Å². The Hall–Kier alpha value is -1.80. The van der Waals surface area contributed by atoms with Crippen molar-refractivity contribution in [1.82, 2.24) is 0 Å². The molecule has 0 unspecified atom stereocenters. The lowest BCUT2D eigenvalue weighted by Crippen LogP contribution is -2.14. The molecule has 1 amide bonds. The Kier molecular flexibility index (Phi) is 4.73. The minimum atomic E-state index is -1.07. The van der Waals surface area contributed by atoms with Gasteiger partial charge in [-0.25, -0.2) is 9.59 Å².